The van der Waals surface area contributed by atoms with Gasteiger partial charge in [-0.3, -0.25) is 4.98 Å². The van der Waals surface area contributed by atoms with Gasteiger partial charge >= 0.3 is 0 Å². The molecule has 1 aromatic heterocycles. The third-order valence-corrected chi connectivity index (χ3v) is 2.40. The Hall–Kier alpha value is -2.03. The minimum Gasteiger partial charge on any atom is -0.405 e. The highest BCUT2D eigenvalue weighted by Gasteiger charge is 2.07. The Morgan fingerprint density at radius 3 is 2.94 bits per heavy atom. The molecule has 90 valence electrons. The number of nitrogens with zero attached hydrogens (tertiary/aromatic N) is 2. The van der Waals surface area contributed by atoms with Crippen LogP contribution in [0.2, 0.25) is 0 Å². The SMILES string of the molecule is C=CC(C)N(/C=C\C/C=C/N)c1cccnc1. The highest BCUT2D eigenvalue weighted by molar-refractivity contribution is 5.48. The molecule has 2 N–H and O–H groups in total. The van der Waals surface area contributed by atoms with E-state index in [0.717, 1.165) is 12.1 Å². The first-order valence-corrected chi connectivity index (χ1v) is 5.64. The second-order valence-corrected chi connectivity index (χ2v) is 3.64. The number of aromatic nitrogens is 1. The molecule has 3 nitrogen and oxygen atoms in total. The van der Waals surface area contributed by atoms with E-state index in [0.29, 0.717) is 0 Å². The second-order valence-electron chi connectivity index (χ2n) is 3.64. The summed E-state index contributed by atoms with van der Waals surface area (Å²) in [6, 6.07) is 4.17. The number of hydrogen-bond acceptors (Lipinski definition) is 3. The van der Waals surface area contributed by atoms with Crippen molar-refractivity contribution in [3.63, 3.8) is 0 Å². The monoisotopic (exact) mass is 229 g/mol. The van der Waals surface area contributed by atoms with Crippen molar-refractivity contribution in [3.8, 4) is 0 Å². The maximum absolute atomic E-state index is 5.29. The molecule has 0 amide bonds. The van der Waals surface area contributed by atoms with Crippen LogP contribution in [-0.4, -0.2) is 11.0 Å². The van der Waals surface area contributed by atoms with Gasteiger partial charge in [-0.15, -0.1) is 6.58 Å². The third-order valence-electron chi connectivity index (χ3n) is 2.40. The van der Waals surface area contributed by atoms with Crippen LogP contribution in [0.1, 0.15) is 13.3 Å². The first kappa shape index (κ1) is 13.0. The molecule has 0 aliphatic carbocycles. The molecule has 1 rings (SSSR count). The molecular formula is C14H19N3. The summed E-state index contributed by atoms with van der Waals surface area (Å²) in [5.74, 6) is 0. The largest absolute Gasteiger partial charge is 0.405 e. The van der Waals surface area contributed by atoms with Gasteiger partial charge in [0.25, 0.3) is 0 Å². The number of pyridine rings is 1. The van der Waals surface area contributed by atoms with Crippen LogP contribution in [0, 0.1) is 0 Å². The smallest absolute Gasteiger partial charge is 0.0597 e. The molecule has 0 fully saturated rings. The second kappa shape index (κ2) is 7.28. The van der Waals surface area contributed by atoms with Crippen molar-refractivity contribution in [1.29, 1.82) is 0 Å². The summed E-state index contributed by atoms with van der Waals surface area (Å²) in [5, 5.41) is 0. The lowest BCUT2D eigenvalue weighted by Gasteiger charge is -2.25. The topological polar surface area (TPSA) is 42.1 Å². The minimum absolute atomic E-state index is 0.220. The first-order valence-electron chi connectivity index (χ1n) is 5.64. The fourth-order valence-corrected chi connectivity index (χ4v) is 1.41. The summed E-state index contributed by atoms with van der Waals surface area (Å²) >= 11 is 0. The van der Waals surface area contributed by atoms with Crippen LogP contribution in [0.3, 0.4) is 0 Å². The van der Waals surface area contributed by atoms with Gasteiger partial charge in [0.1, 0.15) is 0 Å². The van der Waals surface area contributed by atoms with Crippen molar-refractivity contribution in [2.75, 3.05) is 4.90 Å². The molecule has 1 unspecified atom stereocenters. The maximum Gasteiger partial charge on any atom is 0.0597 e. The number of allylic oxidation sites excluding steroid dienone is 2. The Morgan fingerprint density at radius 1 is 1.53 bits per heavy atom. The van der Waals surface area contributed by atoms with Crippen LogP contribution >= 0.6 is 0 Å². The number of anilines is 1. The molecule has 0 aliphatic rings. The van der Waals surface area contributed by atoms with E-state index in [1.54, 1.807) is 12.4 Å². The number of rotatable bonds is 6. The summed E-state index contributed by atoms with van der Waals surface area (Å²) in [6.07, 6.45) is 13.9. The van der Waals surface area contributed by atoms with Crippen molar-refractivity contribution < 1.29 is 0 Å². The molecule has 0 saturated carbocycles. The molecular weight excluding hydrogens is 210 g/mol. The maximum atomic E-state index is 5.29. The van der Waals surface area contributed by atoms with E-state index in [1.807, 2.05) is 36.7 Å². The van der Waals surface area contributed by atoms with E-state index in [-0.39, 0.29) is 6.04 Å². The van der Waals surface area contributed by atoms with Crippen molar-refractivity contribution in [3.05, 3.63) is 61.7 Å². The molecule has 1 heterocycles. The van der Waals surface area contributed by atoms with Crippen LogP contribution in [0.15, 0.2) is 61.7 Å². The Labute approximate surface area is 103 Å². The lowest BCUT2D eigenvalue weighted by atomic mass is 10.2. The minimum atomic E-state index is 0.220. The van der Waals surface area contributed by atoms with Gasteiger partial charge in [-0.05, 0) is 31.7 Å². The van der Waals surface area contributed by atoms with Crippen molar-refractivity contribution in [2.45, 2.75) is 19.4 Å². The standard InChI is InChI=1S/C14H19N3/c1-3-13(2)17(11-6-4-5-9-15)14-8-7-10-16-12-14/h3,5-13H,1,4,15H2,2H3/b9-5+,11-6-. The van der Waals surface area contributed by atoms with Gasteiger partial charge < -0.3 is 10.6 Å². The summed E-state index contributed by atoms with van der Waals surface area (Å²) in [4.78, 5) is 6.24. The van der Waals surface area contributed by atoms with Crippen LogP contribution in [0.5, 0.6) is 0 Å². The number of nitrogens with two attached hydrogens (primary N) is 1. The van der Waals surface area contributed by atoms with E-state index >= 15 is 0 Å². The van der Waals surface area contributed by atoms with Gasteiger partial charge in [-0.25, -0.2) is 0 Å². The van der Waals surface area contributed by atoms with Crippen LogP contribution in [0.4, 0.5) is 5.69 Å². The normalized spacial score (nSPS) is 13.0. The Balaban J connectivity index is 2.81. The quantitative estimate of drug-likeness (QED) is 0.763. The summed E-state index contributed by atoms with van der Waals surface area (Å²) in [7, 11) is 0. The molecule has 0 aromatic carbocycles. The fraction of sp³-hybridized carbons (Fsp3) is 0.214. The lowest BCUT2D eigenvalue weighted by molar-refractivity contribution is 0.854. The van der Waals surface area contributed by atoms with Gasteiger partial charge in [-0.2, -0.15) is 0 Å². The van der Waals surface area contributed by atoms with Crippen molar-refractivity contribution in [2.24, 2.45) is 5.73 Å². The molecule has 0 spiro atoms. The lowest BCUT2D eigenvalue weighted by Crippen LogP contribution is -2.25. The Kier molecular flexibility index (Phi) is 5.58. The zero-order valence-corrected chi connectivity index (χ0v) is 10.2. The van der Waals surface area contributed by atoms with Gasteiger partial charge in [-0.1, -0.05) is 18.2 Å². The molecule has 0 radical (unpaired) electrons. The predicted molar refractivity (Wildman–Crippen MR) is 73.5 cm³/mol. The summed E-state index contributed by atoms with van der Waals surface area (Å²) < 4.78 is 0. The summed E-state index contributed by atoms with van der Waals surface area (Å²) in [5.41, 5.74) is 6.34. The summed E-state index contributed by atoms with van der Waals surface area (Å²) in [6.45, 7) is 5.91. The molecule has 3 heteroatoms. The average Bonchev–Trinajstić information content (AvgIpc) is 2.39. The number of hydrogen-bond donors (Lipinski definition) is 1. The van der Waals surface area contributed by atoms with E-state index < -0.39 is 0 Å². The Morgan fingerprint density at radius 2 is 2.35 bits per heavy atom. The average molecular weight is 229 g/mol. The highest BCUT2D eigenvalue weighted by atomic mass is 15.1. The predicted octanol–water partition coefficient (Wildman–Crippen LogP) is 2.84. The van der Waals surface area contributed by atoms with Gasteiger partial charge in [0.05, 0.1) is 11.9 Å². The molecule has 0 saturated heterocycles. The van der Waals surface area contributed by atoms with Gasteiger partial charge in [0.15, 0.2) is 0 Å². The van der Waals surface area contributed by atoms with Gasteiger partial charge in [0.2, 0.25) is 0 Å². The van der Waals surface area contributed by atoms with E-state index in [4.69, 9.17) is 5.73 Å². The van der Waals surface area contributed by atoms with Crippen molar-refractivity contribution >= 4 is 5.69 Å². The van der Waals surface area contributed by atoms with Crippen LogP contribution < -0.4 is 10.6 Å². The third kappa shape index (κ3) is 4.15. The van der Waals surface area contributed by atoms with E-state index in [2.05, 4.69) is 29.5 Å². The first-order chi connectivity index (χ1) is 8.29. The molecule has 0 bridgehead atoms. The van der Waals surface area contributed by atoms with Gasteiger partial charge in [0, 0.05) is 18.4 Å². The molecule has 1 aromatic rings. The van der Waals surface area contributed by atoms with E-state index in [1.165, 1.54) is 0 Å². The molecule has 0 aliphatic heterocycles. The fourth-order valence-electron chi connectivity index (χ4n) is 1.41. The zero-order chi connectivity index (χ0) is 12.5. The Bertz CT molecular complexity index is 382. The van der Waals surface area contributed by atoms with E-state index in [9.17, 15) is 0 Å². The molecule has 1 atom stereocenters. The zero-order valence-electron chi connectivity index (χ0n) is 10.2. The van der Waals surface area contributed by atoms with Crippen LogP contribution in [0.25, 0.3) is 0 Å². The highest BCUT2D eigenvalue weighted by Crippen LogP contribution is 2.16. The van der Waals surface area contributed by atoms with Crippen LogP contribution in [-0.2, 0) is 0 Å². The molecule has 17 heavy (non-hydrogen) atoms. The van der Waals surface area contributed by atoms with Crippen molar-refractivity contribution in [1.82, 2.24) is 4.98 Å².